The molecule has 3 rings (SSSR count). The van der Waals surface area contributed by atoms with Crippen molar-refractivity contribution < 1.29 is 61.0 Å². The van der Waals surface area contributed by atoms with Gasteiger partial charge in [0, 0.05) is 0 Å². The third kappa shape index (κ3) is 5.97. The highest BCUT2D eigenvalue weighted by Gasteiger charge is 2.48. The van der Waals surface area contributed by atoms with Crippen molar-refractivity contribution in [3.05, 3.63) is 16.7 Å². The van der Waals surface area contributed by atoms with E-state index in [1.54, 1.807) is 0 Å². The van der Waals surface area contributed by atoms with Crippen LogP contribution in [0, 0.1) is 0 Å². The number of aliphatic hydroxyl groups excluding tert-OH is 2. The fourth-order valence-corrected chi connectivity index (χ4v) is 6.20. The molecule has 2 radical (unpaired) electrons. The number of aromatic amines is 1. The summed E-state index contributed by atoms with van der Waals surface area (Å²) in [7, 11) is -9.48. The zero-order valence-corrected chi connectivity index (χ0v) is 19.1. The minimum absolute atomic E-state index is 0.000188. The second kappa shape index (κ2) is 8.96. The predicted octanol–water partition coefficient (Wildman–Crippen LogP) is -2.73. The molecule has 22 heteroatoms. The number of anilines is 1. The number of aryl methyl sites for hydroxylation is 1. The molecule has 18 nitrogen and oxygen atoms in total. The molecule has 1 fully saturated rings. The zero-order chi connectivity index (χ0) is 24.9. The number of fused-ring (bicyclic) bond motifs is 1. The lowest BCUT2D eigenvalue weighted by molar-refractivity contribution is -0.745. The average molecular weight is 532 g/mol. The highest BCUT2D eigenvalue weighted by Crippen LogP contribution is 2.66. The van der Waals surface area contributed by atoms with Crippen molar-refractivity contribution in [1.82, 2.24) is 14.5 Å². The maximum atomic E-state index is 12.1. The molecule has 0 aromatic carbocycles. The molecule has 0 amide bonds. The van der Waals surface area contributed by atoms with Gasteiger partial charge in [-0.15, -0.1) is 0 Å². The maximum absolute atomic E-state index is 12.1. The first-order valence-corrected chi connectivity index (χ1v) is 13.3. The molecular formula is C11H18BN5O13P3+. The van der Waals surface area contributed by atoms with Crippen molar-refractivity contribution in [3.63, 3.8) is 0 Å². The van der Waals surface area contributed by atoms with Crippen LogP contribution in [0.2, 0.25) is 0 Å². The molecular weight excluding hydrogens is 514 g/mol. The van der Waals surface area contributed by atoms with Crippen LogP contribution in [0.25, 0.3) is 11.2 Å². The molecule has 182 valence electrons. The highest BCUT2D eigenvalue weighted by atomic mass is 31.3. The summed E-state index contributed by atoms with van der Waals surface area (Å²) >= 11 is 0. The summed E-state index contributed by atoms with van der Waals surface area (Å²) in [5.41, 5.74) is 5.04. The Kier molecular flexibility index (Phi) is 7.10. The standard InChI is InChI=1S/C11H17BN5O13P3/c1-16-3-17(8-5(16)9(20)15-11(13)14-8)10-7(19)6(18)4(28-10)2-27-31(12,21)29-33(25,26)30-32(22,23)24/h3-4,6-7,10,18-19H,2H2,1H3,(H5-,13,14,15,20,22,23,24,25,26)/p+1/t4-,6-,7-,10-,31+/m1/s1. The fourth-order valence-electron chi connectivity index (χ4n) is 3.05. The highest BCUT2D eigenvalue weighted by molar-refractivity contribution is 7.84. The topological polar surface area (TPSA) is 270 Å². The van der Waals surface area contributed by atoms with Gasteiger partial charge in [0.05, 0.1) is 13.7 Å². The number of aromatic nitrogens is 4. The average Bonchev–Trinajstić information content (AvgIpc) is 3.07. The van der Waals surface area contributed by atoms with Crippen molar-refractivity contribution in [1.29, 1.82) is 0 Å². The number of aliphatic hydroxyl groups is 2. The Bertz CT molecular complexity index is 1260. The van der Waals surface area contributed by atoms with Gasteiger partial charge in [-0.3, -0.25) is 18.9 Å². The number of rotatable bonds is 8. The van der Waals surface area contributed by atoms with Crippen LogP contribution in [-0.4, -0.2) is 71.9 Å². The number of nitrogens with one attached hydrogen (secondary N) is 1. The Hall–Kier alpha value is -1.46. The molecule has 0 bridgehead atoms. The Morgan fingerprint density at radius 1 is 1.27 bits per heavy atom. The molecule has 6 atom stereocenters. The summed E-state index contributed by atoms with van der Waals surface area (Å²) in [4.78, 5) is 44.7. The molecule has 33 heavy (non-hydrogen) atoms. The molecule has 0 spiro atoms. The van der Waals surface area contributed by atoms with Crippen LogP contribution in [0.3, 0.4) is 0 Å². The Labute approximate surface area is 184 Å². The van der Waals surface area contributed by atoms with Gasteiger partial charge in [0.1, 0.15) is 18.3 Å². The summed E-state index contributed by atoms with van der Waals surface area (Å²) in [6.45, 7) is -0.875. The second-order valence-electron chi connectivity index (χ2n) is 6.76. The second-order valence-corrected chi connectivity index (χ2v) is 11.3. The van der Waals surface area contributed by atoms with Gasteiger partial charge in [0.2, 0.25) is 19.3 Å². The van der Waals surface area contributed by atoms with Crippen molar-refractivity contribution >= 4 is 47.8 Å². The van der Waals surface area contributed by atoms with Gasteiger partial charge in [-0.05, 0) is 0 Å². The molecule has 0 aliphatic carbocycles. The third-order valence-electron chi connectivity index (χ3n) is 4.25. The minimum atomic E-state index is -5.61. The number of nitrogen functional groups attached to an aromatic ring is 1. The summed E-state index contributed by atoms with van der Waals surface area (Å²) in [6, 6.07) is 0. The molecule has 8 N–H and O–H groups in total. The number of H-pyrrole nitrogens is 1. The Morgan fingerprint density at radius 3 is 2.52 bits per heavy atom. The van der Waals surface area contributed by atoms with E-state index >= 15 is 0 Å². The van der Waals surface area contributed by atoms with Gasteiger partial charge in [-0.2, -0.15) is 4.31 Å². The number of ether oxygens (including phenoxy) is 1. The van der Waals surface area contributed by atoms with Gasteiger partial charge in [-0.25, -0.2) is 18.0 Å². The van der Waals surface area contributed by atoms with E-state index in [-0.39, 0.29) is 17.1 Å². The molecule has 2 aromatic rings. The molecule has 1 aliphatic heterocycles. The first-order chi connectivity index (χ1) is 15.0. The van der Waals surface area contributed by atoms with Crippen LogP contribution in [-0.2, 0) is 38.6 Å². The van der Waals surface area contributed by atoms with Crippen molar-refractivity contribution in [2.75, 3.05) is 12.3 Å². The van der Waals surface area contributed by atoms with Gasteiger partial charge < -0.3 is 39.9 Å². The van der Waals surface area contributed by atoms with Crippen LogP contribution in [0.4, 0.5) is 5.95 Å². The smallest absolute Gasteiger partial charge is 0.387 e. The lowest BCUT2D eigenvalue weighted by atomic mass is 10.1. The SMILES string of the molecule is [B][P@](=O)(OC[C@H]1O[C@@H]([n+]2cn(C)c3c(=O)[nH]c(N)nc32)[C@H](O)[C@@H]1O)OP(=O)(O)OP(=O)(O)O. The Balaban J connectivity index is 1.76. The number of imidazole rings is 1. The number of nitrogens with zero attached hydrogens (tertiary/aromatic N) is 3. The summed E-state index contributed by atoms with van der Waals surface area (Å²) in [5, 5.41) is 20.7. The molecule has 1 aliphatic rings. The number of phosphoric acid groups is 2. The van der Waals surface area contributed by atoms with E-state index in [0.717, 1.165) is 0 Å². The van der Waals surface area contributed by atoms with Gasteiger partial charge in [0.25, 0.3) is 19.0 Å². The van der Waals surface area contributed by atoms with Gasteiger partial charge in [-0.1, -0.05) is 4.98 Å². The van der Waals surface area contributed by atoms with Crippen LogP contribution >= 0.6 is 23.1 Å². The van der Waals surface area contributed by atoms with E-state index < -0.39 is 59.8 Å². The first-order valence-electron chi connectivity index (χ1n) is 8.61. The first kappa shape index (κ1) is 26.2. The van der Waals surface area contributed by atoms with Crippen LogP contribution in [0.1, 0.15) is 6.23 Å². The monoisotopic (exact) mass is 532 g/mol. The van der Waals surface area contributed by atoms with E-state index in [2.05, 4.69) is 23.1 Å². The Morgan fingerprint density at radius 2 is 1.91 bits per heavy atom. The van der Waals surface area contributed by atoms with Crippen molar-refractivity contribution in [2.45, 2.75) is 24.5 Å². The molecule has 3 heterocycles. The van der Waals surface area contributed by atoms with Crippen LogP contribution < -0.4 is 15.9 Å². The van der Waals surface area contributed by atoms with E-state index in [9.17, 15) is 33.6 Å². The summed E-state index contributed by atoms with van der Waals surface area (Å²) in [6.07, 6.45) is -4.76. The molecule has 1 saturated heterocycles. The quantitative estimate of drug-likeness (QED) is 0.103. The molecule has 0 saturated carbocycles. The van der Waals surface area contributed by atoms with E-state index in [1.165, 1.54) is 22.5 Å². The number of hydrogen-bond acceptors (Lipinski definition) is 12. The molecule has 1 unspecified atom stereocenters. The van der Waals surface area contributed by atoms with Gasteiger partial charge >= 0.3 is 21.3 Å². The number of nitrogens with two attached hydrogens (primary N) is 1. The van der Waals surface area contributed by atoms with E-state index in [1.807, 2.05) is 0 Å². The van der Waals surface area contributed by atoms with Crippen molar-refractivity contribution in [2.24, 2.45) is 7.05 Å². The normalized spacial score (nSPS) is 27.5. The third-order valence-corrected chi connectivity index (χ3v) is 8.17. The zero-order valence-electron chi connectivity index (χ0n) is 16.4. The lowest BCUT2D eigenvalue weighted by Gasteiger charge is -2.21. The van der Waals surface area contributed by atoms with Crippen LogP contribution in [0.5, 0.6) is 0 Å². The lowest BCUT2D eigenvalue weighted by Crippen LogP contribution is -2.46. The summed E-state index contributed by atoms with van der Waals surface area (Å²) < 4.78 is 54.3. The maximum Gasteiger partial charge on any atom is 0.487 e. The van der Waals surface area contributed by atoms with Crippen molar-refractivity contribution in [3.8, 4) is 0 Å². The van der Waals surface area contributed by atoms with E-state index in [4.69, 9.17) is 27.8 Å². The molecule has 2 aromatic heterocycles. The van der Waals surface area contributed by atoms with Gasteiger partial charge in [0.15, 0.2) is 6.33 Å². The van der Waals surface area contributed by atoms with Crippen LogP contribution in [0.15, 0.2) is 11.1 Å². The predicted molar refractivity (Wildman–Crippen MR) is 105 cm³/mol. The van der Waals surface area contributed by atoms with E-state index in [0.29, 0.717) is 0 Å². The summed E-state index contributed by atoms with van der Waals surface area (Å²) in [5.74, 6) is -0.229. The number of hydrogen-bond donors (Lipinski definition) is 7. The minimum Gasteiger partial charge on any atom is -0.387 e. The fraction of sp³-hybridized carbons (Fsp3) is 0.545. The largest absolute Gasteiger partial charge is 0.487 e.